The lowest BCUT2D eigenvalue weighted by Crippen LogP contribution is -2.44. The number of carbonyl (C=O) groups is 3. The molecule has 0 aromatic carbocycles. The van der Waals surface area contributed by atoms with Crippen LogP contribution in [-0.2, 0) is 38.3 Å². The molecule has 38 heavy (non-hydrogen) atoms. The Morgan fingerprint density at radius 1 is 1.13 bits per heavy atom. The smallest absolute Gasteiger partial charge is 0.408 e. The molecule has 2 amide bonds. The monoisotopic (exact) mass is 533 g/mol. The van der Waals surface area contributed by atoms with Crippen LogP contribution in [0.4, 0.5) is 9.59 Å². The Morgan fingerprint density at radius 2 is 1.87 bits per heavy atom. The van der Waals surface area contributed by atoms with Crippen LogP contribution in [0, 0.1) is 5.92 Å². The van der Waals surface area contributed by atoms with Crippen LogP contribution in [0.5, 0.6) is 0 Å². The molecular formula is C28H43N3O7. The van der Waals surface area contributed by atoms with Crippen molar-refractivity contribution in [3.8, 4) is 0 Å². The van der Waals surface area contributed by atoms with E-state index >= 15 is 0 Å². The van der Waals surface area contributed by atoms with E-state index in [0.29, 0.717) is 5.92 Å². The maximum absolute atomic E-state index is 12.1. The van der Waals surface area contributed by atoms with Gasteiger partial charge in [-0.05, 0) is 96.6 Å². The number of carbonyl (C=O) groups excluding carboxylic acids is 2. The van der Waals surface area contributed by atoms with Crippen LogP contribution in [0.3, 0.4) is 0 Å². The second kappa shape index (κ2) is 13.8. The maximum atomic E-state index is 12.1. The van der Waals surface area contributed by atoms with Gasteiger partial charge in [-0.15, -0.1) is 0 Å². The molecule has 1 aromatic heterocycles. The van der Waals surface area contributed by atoms with Gasteiger partial charge in [0.25, 0.3) is 0 Å². The van der Waals surface area contributed by atoms with Gasteiger partial charge in [0.2, 0.25) is 0 Å². The number of hydrogen-bond acceptors (Lipinski definition) is 7. The Labute approximate surface area is 225 Å². The molecule has 0 aliphatic heterocycles. The Bertz CT molecular complexity index is 956. The number of rotatable bonds is 12. The molecule has 2 aliphatic carbocycles. The van der Waals surface area contributed by atoms with Crippen LogP contribution in [0.15, 0.2) is 12.1 Å². The highest BCUT2D eigenvalue weighted by Gasteiger charge is 2.30. The van der Waals surface area contributed by atoms with E-state index in [0.717, 1.165) is 38.5 Å². The predicted octanol–water partition coefficient (Wildman–Crippen LogP) is 4.17. The average Bonchev–Trinajstić information content (AvgIpc) is 2.81. The van der Waals surface area contributed by atoms with Crippen molar-refractivity contribution in [2.24, 2.45) is 5.92 Å². The molecule has 10 heteroatoms. The summed E-state index contributed by atoms with van der Waals surface area (Å²) in [5.74, 6) is -0.564. The third kappa shape index (κ3) is 10.1. The average molecular weight is 534 g/mol. The van der Waals surface area contributed by atoms with Gasteiger partial charge in [-0.1, -0.05) is 6.07 Å². The van der Waals surface area contributed by atoms with Crippen LogP contribution < -0.4 is 10.6 Å². The molecule has 2 atom stereocenters. The number of nitrogens with zero attached hydrogens (tertiary/aromatic N) is 1. The van der Waals surface area contributed by atoms with E-state index in [1.165, 1.54) is 29.8 Å². The van der Waals surface area contributed by atoms with E-state index < -0.39 is 35.9 Å². The van der Waals surface area contributed by atoms with Gasteiger partial charge in [0.05, 0.1) is 12.6 Å². The van der Waals surface area contributed by atoms with Gasteiger partial charge in [0, 0.05) is 24.4 Å². The van der Waals surface area contributed by atoms with E-state index in [1.54, 1.807) is 27.7 Å². The molecule has 1 heterocycles. The van der Waals surface area contributed by atoms with Crippen molar-refractivity contribution in [3.05, 3.63) is 29.1 Å². The Kier molecular flexibility index (Phi) is 10.8. The van der Waals surface area contributed by atoms with Crippen molar-refractivity contribution in [3.63, 3.8) is 0 Å². The van der Waals surface area contributed by atoms with E-state index in [4.69, 9.17) is 19.2 Å². The first-order chi connectivity index (χ1) is 18.0. The van der Waals surface area contributed by atoms with Gasteiger partial charge in [-0.2, -0.15) is 0 Å². The van der Waals surface area contributed by atoms with Gasteiger partial charge >= 0.3 is 18.2 Å². The first-order valence-electron chi connectivity index (χ1n) is 13.7. The van der Waals surface area contributed by atoms with Crippen LogP contribution in [0.2, 0.25) is 0 Å². The number of hydrogen-bond donors (Lipinski definition) is 3. The van der Waals surface area contributed by atoms with Crippen molar-refractivity contribution in [2.75, 3.05) is 13.2 Å². The zero-order chi connectivity index (χ0) is 27.7. The first-order valence-corrected chi connectivity index (χ1v) is 13.7. The van der Waals surface area contributed by atoms with E-state index in [2.05, 4.69) is 22.8 Å². The topological polar surface area (TPSA) is 136 Å². The lowest BCUT2D eigenvalue weighted by molar-refractivity contribution is -0.140. The molecule has 1 saturated carbocycles. The number of aryl methyl sites for hydroxylation is 3. The minimum absolute atomic E-state index is 0.0363. The van der Waals surface area contributed by atoms with Gasteiger partial charge in [0.15, 0.2) is 0 Å². The fourth-order valence-corrected chi connectivity index (χ4v) is 4.72. The maximum Gasteiger partial charge on any atom is 0.408 e. The highest BCUT2D eigenvalue weighted by molar-refractivity contribution is 5.79. The fourth-order valence-electron chi connectivity index (χ4n) is 4.72. The quantitative estimate of drug-likeness (QED) is 0.364. The number of fused-ring (bicyclic) bond motifs is 1. The molecule has 3 N–H and O–H groups in total. The number of aromatic nitrogens is 1. The van der Waals surface area contributed by atoms with Crippen LogP contribution in [-0.4, -0.2) is 65.2 Å². The molecule has 0 spiro atoms. The molecule has 3 rings (SSSR count). The molecule has 0 saturated heterocycles. The lowest BCUT2D eigenvalue weighted by Gasteiger charge is -2.35. The Balaban J connectivity index is 1.28. The van der Waals surface area contributed by atoms with Crippen molar-refractivity contribution < 1.29 is 33.7 Å². The standard InChI is InChI=1S/C28H43N3O7/c1-18(17-29-26(34)38-28(2,3)4)37-27(35)31-24(25(32)33)13-14-36-22-15-19(16-22)9-11-21-12-10-20-7-5-6-8-23(20)30-21/h10,12,18-19,22,24H,5-9,11,13-17H2,1-4H3,(H,29,34)(H,31,35)(H,32,33)/t18-,19?,22?,24?/m0/s1. The highest BCUT2D eigenvalue weighted by Crippen LogP contribution is 2.34. The van der Waals surface area contributed by atoms with Crippen molar-refractivity contribution >= 4 is 18.2 Å². The van der Waals surface area contributed by atoms with Crippen molar-refractivity contribution in [2.45, 2.75) is 109 Å². The second-order valence-electron chi connectivity index (χ2n) is 11.4. The minimum atomic E-state index is -1.16. The Hall–Kier alpha value is -2.88. The van der Waals surface area contributed by atoms with Gasteiger partial charge in [-0.25, -0.2) is 14.4 Å². The molecule has 212 valence electrons. The second-order valence-corrected chi connectivity index (χ2v) is 11.4. The Morgan fingerprint density at radius 3 is 2.58 bits per heavy atom. The molecule has 1 unspecified atom stereocenters. The zero-order valence-corrected chi connectivity index (χ0v) is 23.1. The SMILES string of the molecule is C[C@@H](CNC(=O)OC(C)(C)C)OC(=O)NC(CCOC1CC(CCc2ccc3c(n2)CCCC3)C1)C(=O)O. The number of pyridine rings is 1. The summed E-state index contributed by atoms with van der Waals surface area (Å²) < 4.78 is 16.1. The van der Waals surface area contributed by atoms with Crippen LogP contribution in [0.1, 0.15) is 83.2 Å². The number of aliphatic carboxylic acids is 1. The van der Waals surface area contributed by atoms with Crippen LogP contribution >= 0.6 is 0 Å². The molecule has 0 radical (unpaired) electrons. The van der Waals surface area contributed by atoms with Crippen molar-refractivity contribution in [1.82, 2.24) is 15.6 Å². The summed E-state index contributed by atoms with van der Waals surface area (Å²) in [6, 6.07) is 3.28. The molecule has 1 aromatic rings. The third-order valence-electron chi connectivity index (χ3n) is 6.83. The molecular weight excluding hydrogens is 490 g/mol. The number of alkyl carbamates (subject to hydrolysis) is 2. The molecule has 2 aliphatic rings. The lowest BCUT2D eigenvalue weighted by atomic mass is 9.79. The summed E-state index contributed by atoms with van der Waals surface area (Å²) >= 11 is 0. The van der Waals surface area contributed by atoms with E-state index in [9.17, 15) is 19.5 Å². The summed E-state index contributed by atoms with van der Waals surface area (Å²) in [5.41, 5.74) is 3.22. The normalized spacial score (nSPS) is 20.3. The highest BCUT2D eigenvalue weighted by atomic mass is 16.6. The molecule has 0 bridgehead atoms. The molecule has 10 nitrogen and oxygen atoms in total. The zero-order valence-electron chi connectivity index (χ0n) is 23.1. The number of amides is 2. The summed E-state index contributed by atoms with van der Waals surface area (Å²) in [7, 11) is 0. The first kappa shape index (κ1) is 29.7. The third-order valence-corrected chi connectivity index (χ3v) is 6.83. The van der Waals surface area contributed by atoms with Gasteiger partial charge in [0.1, 0.15) is 17.7 Å². The van der Waals surface area contributed by atoms with Crippen LogP contribution in [0.25, 0.3) is 0 Å². The predicted molar refractivity (Wildman–Crippen MR) is 141 cm³/mol. The van der Waals surface area contributed by atoms with Gasteiger partial charge < -0.3 is 30.0 Å². The summed E-state index contributed by atoms with van der Waals surface area (Å²) in [4.78, 5) is 40.3. The van der Waals surface area contributed by atoms with Crippen molar-refractivity contribution in [1.29, 1.82) is 0 Å². The van der Waals surface area contributed by atoms with E-state index in [-0.39, 0.29) is 25.7 Å². The minimum Gasteiger partial charge on any atom is -0.480 e. The molecule has 1 fully saturated rings. The fraction of sp³-hybridized carbons (Fsp3) is 0.714. The summed E-state index contributed by atoms with van der Waals surface area (Å²) in [6.45, 7) is 7.09. The van der Waals surface area contributed by atoms with Gasteiger partial charge in [-0.3, -0.25) is 4.98 Å². The number of carboxylic acids is 1. The summed E-state index contributed by atoms with van der Waals surface area (Å²) in [5, 5.41) is 14.3. The number of nitrogens with one attached hydrogen (secondary N) is 2. The largest absolute Gasteiger partial charge is 0.480 e. The number of carboxylic acid groups (broad SMARTS) is 1. The van der Waals surface area contributed by atoms with E-state index in [1.807, 2.05) is 0 Å². The summed E-state index contributed by atoms with van der Waals surface area (Å²) in [6.07, 6.45) is 6.81. The number of ether oxygens (including phenoxy) is 3.